The molecule has 0 aromatic rings. The van der Waals surface area contributed by atoms with Gasteiger partial charge in [0.2, 0.25) is 0 Å². The van der Waals surface area contributed by atoms with Gasteiger partial charge in [-0.15, -0.1) is 0 Å². The summed E-state index contributed by atoms with van der Waals surface area (Å²) in [5.41, 5.74) is 9.95. The van der Waals surface area contributed by atoms with Crippen molar-refractivity contribution in [2.24, 2.45) is 17.4 Å². The second-order valence-electron chi connectivity index (χ2n) is 3.98. The summed E-state index contributed by atoms with van der Waals surface area (Å²) in [6.45, 7) is 1.59. The molecule has 1 rings (SSSR count). The number of hydrogen-bond acceptors (Lipinski definition) is 3. The quantitative estimate of drug-likeness (QED) is 0.601. The molecule has 0 unspecified atom stereocenters. The third kappa shape index (κ3) is 2.29. The minimum absolute atomic E-state index is 0.0298. The van der Waals surface area contributed by atoms with Crippen molar-refractivity contribution in [3.63, 3.8) is 0 Å². The van der Waals surface area contributed by atoms with E-state index >= 15 is 0 Å². The number of carbonyl (C=O) groups excluding carboxylic acids is 1. The van der Waals surface area contributed by atoms with Crippen molar-refractivity contribution in [3.05, 3.63) is 0 Å². The highest BCUT2D eigenvalue weighted by molar-refractivity contribution is 5.89. The zero-order chi connectivity index (χ0) is 9.19. The molecule has 0 aromatic heterocycles. The van der Waals surface area contributed by atoms with Gasteiger partial charge >= 0.3 is 0 Å². The van der Waals surface area contributed by atoms with Gasteiger partial charge in [0.25, 0.3) is 0 Å². The lowest BCUT2D eigenvalue weighted by atomic mass is 9.82. The maximum Gasteiger partial charge on any atom is 0.169 e. The molecule has 1 aliphatic rings. The molecule has 0 aliphatic heterocycles. The van der Waals surface area contributed by atoms with Gasteiger partial charge in [-0.1, -0.05) is 19.3 Å². The number of rotatable bonds is 2. The van der Waals surface area contributed by atoms with Crippen LogP contribution in [0.5, 0.6) is 0 Å². The van der Waals surface area contributed by atoms with Crippen LogP contribution in [-0.4, -0.2) is 11.4 Å². The summed E-state index contributed by atoms with van der Waals surface area (Å²) in [7, 11) is 0. The molecule has 1 fully saturated rings. The smallest absolute Gasteiger partial charge is 0.169 e. The van der Waals surface area contributed by atoms with E-state index in [9.17, 15) is 4.79 Å². The maximum atomic E-state index is 11.6. The van der Waals surface area contributed by atoms with Crippen molar-refractivity contribution in [1.82, 2.24) is 0 Å². The van der Waals surface area contributed by atoms with Gasteiger partial charge in [-0.05, 0) is 19.8 Å². The molecule has 3 heteroatoms. The van der Waals surface area contributed by atoms with Crippen LogP contribution >= 0.6 is 0 Å². The van der Waals surface area contributed by atoms with Gasteiger partial charge < -0.3 is 11.5 Å². The first-order chi connectivity index (χ1) is 5.52. The standard InChI is InChI=1S/C9H18N2O/c1-9(10,11)8(12)7-5-3-2-4-6-7/h7H,2-6,10-11H2,1H3. The Labute approximate surface area is 73.5 Å². The molecule has 0 heterocycles. The first kappa shape index (κ1) is 9.68. The molecule has 0 radical (unpaired) electrons. The van der Waals surface area contributed by atoms with Gasteiger partial charge in [0, 0.05) is 5.92 Å². The molecule has 4 N–H and O–H groups in total. The number of ketones is 1. The molecule has 12 heavy (non-hydrogen) atoms. The SMILES string of the molecule is CC(N)(N)C(=O)C1CCCCC1. The lowest BCUT2D eigenvalue weighted by Gasteiger charge is -2.26. The fraction of sp³-hybridized carbons (Fsp3) is 0.889. The van der Waals surface area contributed by atoms with Crippen LogP contribution in [0.25, 0.3) is 0 Å². The van der Waals surface area contributed by atoms with Crippen molar-refractivity contribution < 1.29 is 4.79 Å². The van der Waals surface area contributed by atoms with Crippen LogP contribution in [0.3, 0.4) is 0 Å². The Morgan fingerprint density at radius 1 is 1.25 bits per heavy atom. The van der Waals surface area contributed by atoms with Crippen molar-refractivity contribution in [2.75, 3.05) is 0 Å². The van der Waals surface area contributed by atoms with Crippen molar-refractivity contribution in [1.29, 1.82) is 0 Å². The molecule has 3 nitrogen and oxygen atoms in total. The minimum Gasteiger partial charge on any atom is -0.307 e. The zero-order valence-electron chi connectivity index (χ0n) is 7.68. The number of carbonyl (C=O) groups is 1. The van der Waals surface area contributed by atoms with Gasteiger partial charge in [-0.3, -0.25) is 4.79 Å². The normalized spacial score (nSPS) is 20.9. The lowest BCUT2D eigenvalue weighted by Crippen LogP contribution is -2.56. The zero-order valence-corrected chi connectivity index (χ0v) is 7.68. The molecule has 0 bridgehead atoms. The van der Waals surface area contributed by atoms with E-state index in [1.165, 1.54) is 6.42 Å². The fourth-order valence-corrected chi connectivity index (χ4v) is 1.80. The topological polar surface area (TPSA) is 69.1 Å². The molecular formula is C9H18N2O. The second-order valence-corrected chi connectivity index (χ2v) is 3.98. The van der Waals surface area contributed by atoms with E-state index in [0.29, 0.717) is 0 Å². The fourth-order valence-electron chi connectivity index (χ4n) is 1.80. The summed E-state index contributed by atoms with van der Waals surface area (Å²) in [6, 6.07) is 0. The third-order valence-corrected chi connectivity index (χ3v) is 2.51. The van der Waals surface area contributed by atoms with Crippen molar-refractivity contribution in [2.45, 2.75) is 44.7 Å². The van der Waals surface area contributed by atoms with Crippen LogP contribution in [0.2, 0.25) is 0 Å². The molecule has 0 saturated heterocycles. The second kappa shape index (κ2) is 3.54. The van der Waals surface area contributed by atoms with Crippen LogP contribution in [0.4, 0.5) is 0 Å². The van der Waals surface area contributed by atoms with E-state index in [-0.39, 0.29) is 11.7 Å². The summed E-state index contributed by atoms with van der Waals surface area (Å²) in [5.74, 6) is 0.154. The molecule has 1 saturated carbocycles. The van der Waals surface area contributed by atoms with E-state index in [2.05, 4.69) is 0 Å². The van der Waals surface area contributed by atoms with E-state index in [0.717, 1.165) is 25.7 Å². The lowest BCUT2D eigenvalue weighted by molar-refractivity contribution is -0.128. The van der Waals surface area contributed by atoms with Crippen LogP contribution in [0, 0.1) is 5.92 Å². The summed E-state index contributed by atoms with van der Waals surface area (Å²) < 4.78 is 0. The highest BCUT2D eigenvalue weighted by Gasteiger charge is 2.31. The number of Topliss-reactive ketones (excluding diaryl/α,β-unsaturated/α-hetero) is 1. The van der Waals surface area contributed by atoms with Crippen LogP contribution < -0.4 is 11.5 Å². The Bertz CT molecular complexity index is 166. The highest BCUT2D eigenvalue weighted by Crippen LogP contribution is 2.25. The van der Waals surface area contributed by atoms with E-state index < -0.39 is 5.66 Å². The van der Waals surface area contributed by atoms with Gasteiger partial charge in [0.15, 0.2) is 5.78 Å². The average molecular weight is 170 g/mol. The Morgan fingerprint density at radius 2 is 1.75 bits per heavy atom. The summed E-state index contributed by atoms with van der Waals surface area (Å²) in [4.78, 5) is 11.6. The van der Waals surface area contributed by atoms with E-state index in [1.54, 1.807) is 6.92 Å². The Kier molecular flexibility index (Phi) is 2.85. The molecule has 0 spiro atoms. The van der Waals surface area contributed by atoms with Crippen LogP contribution in [-0.2, 0) is 4.79 Å². The largest absolute Gasteiger partial charge is 0.307 e. The van der Waals surface area contributed by atoms with Crippen molar-refractivity contribution >= 4 is 5.78 Å². The van der Waals surface area contributed by atoms with Gasteiger partial charge in [0.05, 0.1) is 0 Å². The molecular weight excluding hydrogens is 152 g/mol. The molecule has 70 valence electrons. The predicted molar refractivity (Wildman–Crippen MR) is 48.4 cm³/mol. The highest BCUT2D eigenvalue weighted by atomic mass is 16.1. The Balaban J connectivity index is 2.51. The first-order valence-electron chi connectivity index (χ1n) is 4.64. The van der Waals surface area contributed by atoms with E-state index in [4.69, 9.17) is 11.5 Å². The Morgan fingerprint density at radius 3 is 2.17 bits per heavy atom. The predicted octanol–water partition coefficient (Wildman–Crippen LogP) is 0.769. The molecule has 0 atom stereocenters. The van der Waals surface area contributed by atoms with Crippen LogP contribution in [0.1, 0.15) is 39.0 Å². The minimum atomic E-state index is -1.12. The first-order valence-corrected chi connectivity index (χ1v) is 4.64. The Hall–Kier alpha value is -0.410. The average Bonchev–Trinajstić information content (AvgIpc) is 2.03. The summed E-state index contributed by atoms with van der Waals surface area (Å²) >= 11 is 0. The number of nitrogens with two attached hydrogens (primary N) is 2. The maximum absolute atomic E-state index is 11.6. The monoisotopic (exact) mass is 170 g/mol. The van der Waals surface area contributed by atoms with Crippen LogP contribution in [0.15, 0.2) is 0 Å². The van der Waals surface area contributed by atoms with Gasteiger partial charge in [0.1, 0.15) is 5.66 Å². The number of hydrogen-bond donors (Lipinski definition) is 2. The van der Waals surface area contributed by atoms with Crippen molar-refractivity contribution in [3.8, 4) is 0 Å². The van der Waals surface area contributed by atoms with E-state index in [1.807, 2.05) is 0 Å². The molecule has 1 aliphatic carbocycles. The summed E-state index contributed by atoms with van der Waals surface area (Å²) in [6.07, 6.45) is 5.49. The third-order valence-electron chi connectivity index (χ3n) is 2.51. The molecule has 0 amide bonds. The molecule has 0 aromatic carbocycles. The summed E-state index contributed by atoms with van der Waals surface area (Å²) in [5, 5.41) is 0. The van der Waals surface area contributed by atoms with Gasteiger partial charge in [-0.2, -0.15) is 0 Å². The van der Waals surface area contributed by atoms with Gasteiger partial charge in [-0.25, -0.2) is 0 Å².